The zero-order valence-electron chi connectivity index (χ0n) is 8.81. The Bertz CT molecular complexity index is 303. The Morgan fingerprint density at radius 3 is 2.38 bits per heavy atom. The van der Waals surface area contributed by atoms with E-state index in [1.54, 1.807) is 0 Å². The molecule has 1 rings (SSSR count). The molecule has 3 N–H and O–H groups in total. The topological polar surface area (TPSA) is 38.0 Å². The van der Waals surface area contributed by atoms with Gasteiger partial charge in [-0.2, -0.15) is 0 Å². The fourth-order valence-corrected chi connectivity index (χ4v) is 1.37. The van der Waals surface area contributed by atoms with Crippen LogP contribution in [-0.4, -0.2) is 6.04 Å². The van der Waals surface area contributed by atoms with Crippen LogP contribution < -0.4 is 11.1 Å². The minimum atomic E-state index is 0.444. The van der Waals surface area contributed by atoms with Crippen LogP contribution in [0.2, 0.25) is 0 Å². The number of anilines is 2. The molecule has 0 aromatic heterocycles. The van der Waals surface area contributed by atoms with E-state index in [-0.39, 0.29) is 0 Å². The first-order valence-electron chi connectivity index (χ1n) is 4.64. The highest BCUT2D eigenvalue weighted by Gasteiger charge is 2.05. The van der Waals surface area contributed by atoms with Crippen molar-refractivity contribution in [2.45, 2.75) is 33.7 Å². The molecule has 0 spiro atoms. The van der Waals surface area contributed by atoms with E-state index in [4.69, 9.17) is 5.73 Å². The van der Waals surface area contributed by atoms with Gasteiger partial charge < -0.3 is 11.1 Å². The van der Waals surface area contributed by atoms with Gasteiger partial charge in [-0.25, -0.2) is 0 Å². The van der Waals surface area contributed by atoms with E-state index in [1.165, 1.54) is 11.3 Å². The van der Waals surface area contributed by atoms with Gasteiger partial charge in [-0.15, -0.1) is 0 Å². The van der Waals surface area contributed by atoms with Crippen LogP contribution in [0.1, 0.15) is 25.0 Å². The Morgan fingerprint density at radius 2 is 1.85 bits per heavy atom. The molecule has 0 bridgehead atoms. The zero-order chi connectivity index (χ0) is 10.0. The highest BCUT2D eigenvalue weighted by molar-refractivity contribution is 5.66. The number of nitrogen functional groups attached to an aromatic ring is 1. The van der Waals surface area contributed by atoms with Gasteiger partial charge in [-0.05, 0) is 44.9 Å². The maximum atomic E-state index is 5.83. The predicted molar refractivity (Wildman–Crippen MR) is 59.1 cm³/mol. The molecule has 0 amide bonds. The monoisotopic (exact) mass is 178 g/mol. The fourth-order valence-electron chi connectivity index (χ4n) is 1.37. The largest absolute Gasteiger partial charge is 0.398 e. The van der Waals surface area contributed by atoms with Gasteiger partial charge in [0.1, 0.15) is 0 Å². The summed E-state index contributed by atoms with van der Waals surface area (Å²) in [6.07, 6.45) is 0. The summed E-state index contributed by atoms with van der Waals surface area (Å²) in [6.45, 7) is 8.40. The van der Waals surface area contributed by atoms with E-state index >= 15 is 0 Å². The molecule has 2 nitrogen and oxygen atoms in total. The van der Waals surface area contributed by atoms with Crippen molar-refractivity contribution < 1.29 is 0 Å². The molecule has 0 radical (unpaired) electrons. The summed E-state index contributed by atoms with van der Waals surface area (Å²) in [7, 11) is 0. The average Bonchev–Trinajstić information content (AvgIpc) is 2.05. The molecule has 0 aliphatic heterocycles. The van der Waals surface area contributed by atoms with Crippen LogP contribution in [0.15, 0.2) is 12.1 Å². The molecule has 13 heavy (non-hydrogen) atoms. The molecular weight excluding hydrogens is 160 g/mol. The molecule has 1 aromatic rings. The third-order valence-corrected chi connectivity index (χ3v) is 2.15. The summed E-state index contributed by atoms with van der Waals surface area (Å²) in [5.74, 6) is 0. The molecule has 0 aliphatic carbocycles. The lowest BCUT2D eigenvalue weighted by Gasteiger charge is -2.16. The van der Waals surface area contributed by atoms with Gasteiger partial charge in [0.05, 0.1) is 0 Å². The van der Waals surface area contributed by atoms with Gasteiger partial charge in [0.25, 0.3) is 0 Å². The second kappa shape index (κ2) is 3.69. The fraction of sp³-hybridized carbons (Fsp3) is 0.455. The van der Waals surface area contributed by atoms with Crippen LogP contribution >= 0.6 is 0 Å². The number of aryl methyl sites for hydroxylation is 1. The Morgan fingerprint density at radius 1 is 1.23 bits per heavy atom. The molecule has 0 saturated carbocycles. The molecule has 2 heteroatoms. The molecule has 0 unspecified atom stereocenters. The first-order chi connectivity index (χ1) is 6.02. The van der Waals surface area contributed by atoms with Gasteiger partial charge in [0.2, 0.25) is 0 Å². The maximum Gasteiger partial charge on any atom is 0.0422 e. The third-order valence-electron chi connectivity index (χ3n) is 2.15. The van der Waals surface area contributed by atoms with Crippen molar-refractivity contribution in [2.24, 2.45) is 0 Å². The Balaban J connectivity index is 3.10. The summed E-state index contributed by atoms with van der Waals surface area (Å²) in [4.78, 5) is 0. The van der Waals surface area contributed by atoms with Crippen molar-refractivity contribution in [1.29, 1.82) is 0 Å². The number of hydrogen-bond acceptors (Lipinski definition) is 2. The summed E-state index contributed by atoms with van der Waals surface area (Å²) < 4.78 is 0. The lowest BCUT2D eigenvalue weighted by atomic mass is 10.1. The molecule has 0 atom stereocenters. The van der Waals surface area contributed by atoms with E-state index in [0.29, 0.717) is 6.04 Å². The highest BCUT2D eigenvalue weighted by Crippen LogP contribution is 2.25. The van der Waals surface area contributed by atoms with Crippen molar-refractivity contribution >= 4 is 11.4 Å². The van der Waals surface area contributed by atoms with Gasteiger partial charge in [-0.3, -0.25) is 0 Å². The molecule has 72 valence electrons. The van der Waals surface area contributed by atoms with E-state index in [2.05, 4.69) is 26.1 Å². The van der Waals surface area contributed by atoms with E-state index < -0.39 is 0 Å². The summed E-state index contributed by atoms with van der Waals surface area (Å²) in [6, 6.07) is 4.45. The molecule has 0 heterocycles. The van der Waals surface area contributed by atoms with Gasteiger partial charge in [0, 0.05) is 17.4 Å². The first-order valence-corrected chi connectivity index (χ1v) is 4.64. The minimum Gasteiger partial charge on any atom is -0.398 e. The van der Waals surface area contributed by atoms with E-state index in [0.717, 1.165) is 11.3 Å². The number of hydrogen-bond donors (Lipinski definition) is 2. The van der Waals surface area contributed by atoms with Gasteiger partial charge >= 0.3 is 0 Å². The van der Waals surface area contributed by atoms with Crippen molar-refractivity contribution in [3.8, 4) is 0 Å². The van der Waals surface area contributed by atoms with E-state index in [9.17, 15) is 0 Å². The molecule has 0 saturated heterocycles. The number of benzene rings is 1. The predicted octanol–water partition coefficient (Wildman–Crippen LogP) is 2.71. The maximum absolute atomic E-state index is 5.83. The minimum absolute atomic E-state index is 0.444. The van der Waals surface area contributed by atoms with Crippen molar-refractivity contribution in [2.75, 3.05) is 11.1 Å². The van der Waals surface area contributed by atoms with Crippen LogP contribution in [0.25, 0.3) is 0 Å². The van der Waals surface area contributed by atoms with Crippen molar-refractivity contribution in [3.63, 3.8) is 0 Å². The van der Waals surface area contributed by atoms with Crippen LogP contribution in [0.3, 0.4) is 0 Å². The summed E-state index contributed by atoms with van der Waals surface area (Å²) in [5, 5.41) is 3.40. The van der Waals surface area contributed by atoms with Crippen molar-refractivity contribution in [1.82, 2.24) is 0 Å². The zero-order valence-corrected chi connectivity index (χ0v) is 8.81. The summed E-state index contributed by atoms with van der Waals surface area (Å²) in [5.41, 5.74) is 10.3. The van der Waals surface area contributed by atoms with Crippen LogP contribution in [-0.2, 0) is 0 Å². The van der Waals surface area contributed by atoms with Crippen LogP contribution in [0, 0.1) is 13.8 Å². The lowest BCUT2D eigenvalue weighted by Crippen LogP contribution is -2.12. The smallest absolute Gasteiger partial charge is 0.0422 e. The SMILES string of the molecule is Cc1ccc(N)c(C)c1NC(C)C. The second-order valence-electron chi connectivity index (χ2n) is 3.77. The average molecular weight is 178 g/mol. The first kappa shape index (κ1) is 9.90. The standard InChI is InChI=1S/C11H18N2/c1-7(2)13-11-8(3)5-6-10(12)9(11)4/h5-7,13H,12H2,1-4H3. The normalized spacial score (nSPS) is 10.5. The molecule has 0 aliphatic rings. The van der Waals surface area contributed by atoms with Crippen LogP contribution in [0.5, 0.6) is 0 Å². The Hall–Kier alpha value is -1.18. The molecule has 1 aromatic carbocycles. The quantitative estimate of drug-likeness (QED) is 0.683. The molecule has 0 fully saturated rings. The van der Waals surface area contributed by atoms with Gasteiger partial charge in [0.15, 0.2) is 0 Å². The summed E-state index contributed by atoms with van der Waals surface area (Å²) >= 11 is 0. The number of nitrogens with one attached hydrogen (secondary N) is 1. The number of nitrogens with two attached hydrogens (primary N) is 1. The van der Waals surface area contributed by atoms with Crippen LogP contribution in [0.4, 0.5) is 11.4 Å². The highest BCUT2D eigenvalue weighted by atomic mass is 14.9. The van der Waals surface area contributed by atoms with Crippen molar-refractivity contribution in [3.05, 3.63) is 23.3 Å². The Labute approximate surface area is 80.1 Å². The third kappa shape index (κ3) is 2.14. The molecular formula is C11H18N2. The second-order valence-corrected chi connectivity index (χ2v) is 3.77. The lowest BCUT2D eigenvalue weighted by molar-refractivity contribution is 0.895. The van der Waals surface area contributed by atoms with Gasteiger partial charge in [-0.1, -0.05) is 6.07 Å². The van der Waals surface area contributed by atoms with E-state index in [1.807, 2.05) is 19.1 Å². The Kier molecular flexibility index (Phi) is 2.81. The number of rotatable bonds is 2.